The first-order valence-corrected chi connectivity index (χ1v) is 8.02. The lowest BCUT2D eigenvalue weighted by molar-refractivity contribution is -0.901. The third-order valence-corrected chi connectivity index (χ3v) is 4.08. The Morgan fingerprint density at radius 3 is 3.00 bits per heavy atom. The molecule has 6 heteroatoms. The zero-order valence-electron chi connectivity index (χ0n) is 13.4. The zero-order chi connectivity index (χ0) is 16.7. The minimum Gasteiger partial charge on any atom is -0.466 e. The number of quaternary nitrogens is 1. The fourth-order valence-electron chi connectivity index (χ4n) is 2.95. The molecule has 1 unspecified atom stereocenters. The maximum atomic E-state index is 11.8. The lowest BCUT2D eigenvalue weighted by atomic mass is 9.98. The van der Waals surface area contributed by atoms with Gasteiger partial charge in [-0.05, 0) is 38.0 Å². The van der Waals surface area contributed by atoms with Gasteiger partial charge in [-0.3, -0.25) is 14.9 Å². The van der Waals surface area contributed by atoms with Gasteiger partial charge in [0.15, 0.2) is 0 Å². The van der Waals surface area contributed by atoms with Crippen LogP contribution in [-0.4, -0.2) is 37.1 Å². The number of hydrogen-bond acceptors (Lipinski definition) is 4. The monoisotopic (exact) mass is 319 g/mol. The highest BCUT2D eigenvalue weighted by Crippen LogP contribution is 2.18. The molecule has 1 saturated heterocycles. The van der Waals surface area contributed by atoms with Crippen LogP contribution >= 0.6 is 0 Å². The Hall–Kier alpha value is -2.21. The molecule has 2 atom stereocenters. The van der Waals surface area contributed by atoms with Gasteiger partial charge in [0, 0.05) is 6.07 Å². The number of nitro groups is 1. The molecule has 0 saturated carbocycles. The van der Waals surface area contributed by atoms with Gasteiger partial charge in [0.05, 0.1) is 36.7 Å². The predicted octanol–water partition coefficient (Wildman–Crippen LogP) is 1.47. The summed E-state index contributed by atoms with van der Waals surface area (Å²) in [7, 11) is 0. The van der Waals surface area contributed by atoms with Crippen LogP contribution in [0.5, 0.6) is 0 Å². The van der Waals surface area contributed by atoms with Gasteiger partial charge in [-0.2, -0.15) is 0 Å². The van der Waals surface area contributed by atoms with Crippen LogP contribution in [0, 0.1) is 16.0 Å². The van der Waals surface area contributed by atoms with Gasteiger partial charge in [-0.1, -0.05) is 12.1 Å². The Kier molecular flexibility index (Phi) is 6.29. The zero-order valence-corrected chi connectivity index (χ0v) is 13.4. The average molecular weight is 319 g/mol. The van der Waals surface area contributed by atoms with Gasteiger partial charge in [-0.15, -0.1) is 0 Å². The highest BCUT2D eigenvalue weighted by atomic mass is 16.6. The lowest BCUT2D eigenvalue weighted by Gasteiger charge is -2.27. The fourth-order valence-corrected chi connectivity index (χ4v) is 2.95. The van der Waals surface area contributed by atoms with Crippen LogP contribution in [0.1, 0.15) is 25.3 Å². The van der Waals surface area contributed by atoms with Gasteiger partial charge in [0.25, 0.3) is 5.69 Å². The summed E-state index contributed by atoms with van der Waals surface area (Å²) >= 11 is 0. The maximum absolute atomic E-state index is 11.8. The molecule has 23 heavy (non-hydrogen) atoms. The Balaban J connectivity index is 1.93. The molecule has 0 aromatic heterocycles. The van der Waals surface area contributed by atoms with E-state index in [1.54, 1.807) is 24.3 Å². The Morgan fingerprint density at radius 2 is 2.26 bits per heavy atom. The molecule has 1 fully saturated rings. The number of likely N-dealkylation sites (tertiary alicyclic amines) is 1. The number of para-hydroxylation sites is 1. The van der Waals surface area contributed by atoms with E-state index in [4.69, 9.17) is 4.74 Å². The van der Waals surface area contributed by atoms with Gasteiger partial charge in [0.1, 0.15) is 5.92 Å². The van der Waals surface area contributed by atoms with Crippen molar-refractivity contribution in [2.45, 2.75) is 19.8 Å². The fraction of sp³-hybridized carbons (Fsp3) is 0.471. The number of nitrogens with one attached hydrogen (secondary N) is 1. The van der Waals surface area contributed by atoms with Gasteiger partial charge < -0.3 is 9.64 Å². The van der Waals surface area contributed by atoms with Crippen molar-refractivity contribution < 1.29 is 19.4 Å². The number of carbonyl (C=O) groups is 1. The summed E-state index contributed by atoms with van der Waals surface area (Å²) < 4.78 is 5.10. The topological polar surface area (TPSA) is 73.9 Å². The minimum absolute atomic E-state index is 0.0295. The SMILES string of the molecule is CCOC(=O)[C@@H]1CCC[NH+](C/C=C/c2ccccc2[N+](=O)[O-])C1. The Morgan fingerprint density at radius 1 is 1.48 bits per heavy atom. The molecule has 0 radical (unpaired) electrons. The summed E-state index contributed by atoms with van der Waals surface area (Å²) in [6.07, 6.45) is 5.62. The average Bonchev–Trinajstić information content (AvgIpc) is 2.55. The smallest absolute Gasteiger partial charge is 0.314 e. The Labute approximate surface area is 135 Å². The molecule has 1 N–H and O–H groups in total. The lowest BCUT2D eigenvalue weighted by Crippen LogP contribution is -3.13. The van der Waals surface area contributed by atoms with E-state index in [0.717, 1.165) is 32.5 Å². The Bertz CT molecular complexity index is 586. The van der Waals surface area contributed by atoms with Crippen molar-refractivity contribution in [2.24, 2.45) is 5.92 Å². The normalized spacial score (nSPS) is 21.3. The highest BCUT2D eigenvalue weighted by molar-refractivity contribution is 5.72. The molecular formula is C17H23N2O4+. The summed E-state index contributed by atoms with van der Waals surface area (Å²) in [6, 6.07) is 6.69. The molecule has 1 aromatic carbocycles. The van der Waals surface area contributed by atoms with Gasteiger partial charge in [-0.25, -0.2) is 0 Å². The van der Waals surface area contributed by atoms with E-state index in [-0.39, 0.29) is 22.5 Å². The van der Waals surface area contributed by atoms with Crippen molar-refractivity contribution in [3.8, 4) is 0 Å². The molecule has 0 amide bonds. The molecule has 6 nitrogen and oxygen atoms in total. The van der Waals surface area contributed by atoms with E-state index in [9.17, 15) is 14.9 Å². The number of ether oxygens (including phenoxy) is 1. The van der Waals surface area contributed by atoms with Crippen LogP contribution in [0.25, 0.3) is 6.08 Å². The number of nitrogens with zero attached hydrogens (tertiary/aromatic N) is 1. The summed E-state index contributed by atoms with van der Waals surface area (Å²) in [5.74, 6) is -0.134. The number of piperidine rings is 1. The maximum Gasteiger partial charge on any atom is 0.314 e. The minimum atomic E-state index is -0.371. The second kappa shape index (κ2) is 8.43. The summed E-state index contributed by atoms with van der Waals surface area (Å²) in [4.78, 5) is 23.7. The molecule has 124 valence electrons. The molecule has 0 aliphatic carbocycles. The van der Waals surface area contributed by atoms with Crippen LogP contribution in [0.3, 0.4) is 0 Å². The van der Waals surface area contributed by atoms with E-state index in [1.807, 2.05) is 13.0 Å². The first kappa shape index (κ1) is 17.1. The van der Waals surface area contributed by atoms with Crippen LogP contribution in [0.15, 0.2) is 30.3 Å². The largest absolute Gasteiger partial charge is 0.466 e. The number of hydrogen-bond donors (Lipinski definition) is 1. The van der Waals surface area contributed by atoms with Crippen molar-refractivity contribution in [3.05, 3.63) is 46.0 Å². The first-order valence-electron chi connectivity index (χ1n) is 8.02. The van der Waals surface area contributed by atoms with Crippen LogP contribution in [0.2, 0.25) is 0 Å². The van der Waals surface area contributed by atoms with E-state index in [0.29, 0.717) is 12.2 Å². The van der Waals surface area contributed by atoms with Crippen molar-refractivity contribution in [1.82, 2.24) is 0 Å². The number of carbonyl (C=O) groups excluding carboxylic acids is 1. The van der Waals surface area contributed by atoms with Crippen molar-refractivity contribution >= 4 is 17.7 Å². The number of rotatable bonds is 6. The van der Waals surface area contributed by atoms with Crippen LogP contribution < -0.4 is 4.90 Å². The third kappa shape index (κ3) is 4.89. The predicted molar refractivity (Wildman–Crippen MR) is 87.1 cm³/mol. The molecule has 1 heterocycles. The van der Waals surface area contributed by atoms with Gasteiger partial charge >= 0.3 is 5.97 Å². The molecule has 2 rings (SSSR count). The van der Waals surface area contributed by atoms with E-state index in [2.05, 4.69) is 0 Å². The molecular weight excluding hydrogens is 296 g/mol. The third-order valence-electron chi connectivity index (χ3n) is 4.08. The molecule has 1 aliphatic rings. The second-order valence-corrected chi connectivity index (χ2v) is 5.72. The molecule has 0 bridgehead atoms. The van der Waals surface area contributed by atoms with Crippen LogP contribution in [0.4, 0.5) is 5.69 Å². The molecule has 1 aromatic rings. The first-order chi connectivity index (χ1) is 11.1. The summed E-state index contributed by atoms with van der Waals surface area (Å²) in [5, 5.41) is 11.0. The standard InChI is InChI=1S/C17H22N2O4/c1-2-23-17(20)15-9-6-12-18(13-15)11-5-8-14-7-3-4-10-16(14)19(21)22/h3-5,7-8,10,15H,2,6,9,11-13H2,1H3/p+1/b8-5+/t15-/m1/s1. The van der Waals surface area contributed by atoms with Crippen molar-refractivity contribution in [2.75, 3.05) is 26.2 Å². The van der Waals surface area contributed by atoms with Crippen molar-refractivity contribution in [3.63, 3.8) is 0 Å². The number of nitro benzene ring substituents is 1. The van der Waals surface area contributed by atoms with E-state index in [1.165, 1.54) is 11.0 Å². The number of benzene rings is 1. The molecule has 1 aliphatic heterocycles. The summed E-state index contributed by atoms with van der Waals surface area (Å²) in [5.41, 5.74) is 0.720. The number of esters is 1. The quantitative estimate of drug-likeness (QED) is 0.489. The van der Waals surface area contributed by atoms with E-state index >= 15 is 0 Å². The van der Waals surface area contributed by atoms with Crippen LogP contribution in [-0.2, 0) is 9.53 Å². The molecule has 0 spiro atoms. The van der Waals surface area contributed by atoms with E-state index < -0.39 is 0 Å². The highest BCUT2D eigenvalue weighted by Gasteiger charge is 2.29. The second-order valence-electron chi connectivity index (χ2n) is 5.72. The van der Waals surface area contributed by atoms with Crippen molar-refractivity contribution in [1.29, 1.82) is 0 Å². The summed E-state index contributed by atoms with van der Waals surface area (Å²) in [6.45, 7) is 4.77. The van der Waals surface area contributed by atoms with Gasteiger partial charge in [0.2, 0.25) is 0 Å².